The summed E-state index contributed by atoms with van der Waals surface area (Å²) in [4.78, 5) is 25.5. The topological polar surface area (TPSA) is 123 Å². The molecule has 0 bridgehead atoms. The molecule has 0 saturated carbocycles. The van der Waals surface area contributed by atoms with Crippen molar-refractivity contribution in [3.05, 3.63) is 57.5 Å². The smallest absolute Gasteiger partial charge is 0.393 e. The number of pyridine rings is 1. The van der Waals surface area contributed by atoms with Crippen LogP contribution in [0.4, 0.5) is 34.8 Å². The van der Waals surface area contributed by atoms with Gasteiger partial charge in [0.05, 0.1) is 22.1 Å². The molecule has 27 heavy (non-hydrogen) atoms. The average Bonchev–Trinajstić information content (AvgIpc) is 2.59. The molecule has 0 aliphatic heterocycles. The van der Waals surface area contributed by atoms with Crippen LogP contribution in [0.15, 0.2) is 30.5 Å². The van der Waals surface area contributed by atoms with Crippen molar-refractivity contribution in [2.75, 3.05) is 24.1 Å². The van der Waals surface area contributed by atoms with Gasteiger partial charge in [-0.2, -0.15) is 13.2 Å². The van der Waals surface area contributed by atoms with Gasteiger partial charge in [-0.1, -0.05) is 0 Å². The van der Waals surface area contributed by atoms with Crippen molar-refractivity contribution in [2.24, 2.45) is 0 Å². The Morgan fingerprint density at radius 3 is 2.63 bits per heavy atom. The standard InChI is InChI=1S/C15H13F4N5O3/c16-8-6-9(12(20)11(7-8)24(26)27)14(25)23-5-4-22-13-10(15(17,18)19)2-1-3-21-13/h1-3,6-7H,4-5,20H2,(H,21,22)(H,23,25). The fourth-order valence-corrected chi connectivity index (χ4v) is 2.17. The molecule has 0 atom stereocenters. The van der Waals surface area contributed by atoms with Gasteiger partial charge in [0, 0.05) is 19.3 Å². The highest BCUT2D eigenvalue weighted by molar-refractivity contribution is 6.01. The maximum Gasteiger partial charge on any atom is 0.419 e. The zero-order chi connectivity index (χ0) is 20.2. The first kappa shape index (κ1) is 19.9. The first-order chi connectivity index (χ1) is 12.6. The summed E-state index contributed by atoms with van der Waals surface area (Å²) in [5.41, 5.74) is 2.80. The molecule has 2 rings (SSSR count). The number of alkyl halides is 3. The minimum Gasteiger partial charge on any atom is -0.393 e. The Kier molecular flexibility index (Phi) is 5.78. The van der Waals surface area contributed by atoms with Crippen molar-refractivity contribution in [3.8, 4) is 0 Å². The maximum atomic E-state index is 13.4. The molecule has 12 heteroatoms. The predicted molar refractivity (Wildman–Crippen MR) is 87.5 cm³/mol. The summed E-state index contributed by atoms with van der Waals surface area (Å²) in [6.07, 6.45) is -3.43. The second-order valence-corrected chi connectivity index (χ2v) is 5.22. The fourth-order valence-electron chi connectivity index (χ4n) is 2.17. The Balaban J connectivity index is 2.02. The molecule has 1 heterocycles. The highest BCUT2D eigenvalue weighted by Crippen LogP contribution is 2.33. The van der Waals surface area contributed by atoms with Gasteiger partial charge in [-0.15, -0.1) is 0 Å². The lowest BCUT2D eigenvalue weighted by Gasteiger charge is -2.13. The van der Waals surface area contributed by atoms with Crippen LogP contribution in [-0.2, 0) is 6.18 Å². The highest BCUT2D eigenvalue weighted by atomic mass is 19.4. The number of nitrogen functional groups attached to an aromatic ring is 1. The number of rotatable bonds is 6. The number of aromatic nitrogens is 1. The second-order valence-electron chi connectivity index (χ2n) is 5.22. The minimum atomic E-state index is -4.60. The first-order valence-corrected chi connectivity index (χ1v) is 7.39. The quantitative estimate of drug-likeness (QED) is 0.230. The zero-order valence-corrected chi connectivity index (χ0v) is 13.5. The van der Waals surface area contributed by atoms with E-state index in [0.29, 0.717) is 6.07 Å². The molecule has 0 spiro atoms. The number of amides is 1. The van der Waals surface area contributed by atoms with E-state index in [-0.39, 0.29) is 13.1 Å². The molecule has 0 unspecified atom stereocenters. The Labute approximate surface area is 149 Å². The third-order valence-corrected chi connectivity index (χ3v) is 3.38. The molecule has 0 aliphatic rings. The van der Waals surface area contributed by atoms with E-state index >= 15 is 0 Å². The molecule has 0 radical (unpaired) electrons. The van der Waals surface area contributed by atoms with Crippen molar-refractivity contribution >= 4 is 23.1 Å². The van der Waals surface area contributed by atoms with Crippen LogP contribution < -0.4 is 16.4 Å². The molecule has 8 nitrogen and oxygen atoms in total. The molecule has 144 valence electrons. The lowest BCUT2D eigenvalue weighted by molar-refractivity contribution is -0.384. The number of nitrogens with zero attached hydrogens (tertiary/aromatic N) is 2. The van der Waals surface area contributed by atoms with E-state index < -0.39 is 51.1 Å². The van der Waals surface area contributed by atoms with Gasteiger partial charge in [0.15, 0.2) is 0 Å². The number of carbonyl (C=O) groups excluding carboxylic acids is 1. The van der Waals surface area contributed by atoms with Crippen LogP contribution in [0.3, 0.4) is 0 Å². The number of carbonyl (C=O) groups is 1. The Morgan fingerprint density at radius 1 is 1.30 bits per heavy atom. The number of hydrogen-bond acceptors (Lipinski definition) is 6. The molecule has 4 N–H and O–H groups in total. The van der Waals surface area contributed by atoms with Gasteiger partial charge in [-0.05, 0) is 18.2 Å². The van der Waals surface area contributed by atoms with E-state index in [1.807, 2.05) is 0 Å². The van der Waals surface area contributed by atoms with Gasteiger partial charge < -0.3 is 16.4 Å². The fraction of sp³-hybridized carbons (Fsp3) is 0.200. The third-order valence-electron chi connectivity index (χ3n) is 3.38. The highest BCUT2D eigenvalue weighted by Gasteiger charge is 2.34. The van der Waals surface area contributed by atoms with E-state index in [2.05, 4.69) is 15.6 Å². The number of nitrogens with two attached hydrogens (primary N) is 1. The molecule has 1 aromatic heterocycles. The Morgan fingerprint density at radius 2 is 2.00 bits per heavy atom. The summed E-state index contributed by atoms with van der Waals surface area (Å²) < 4.78 is 51.9. The van der Waals surface area contributed by atoms with Crippen LogP contribution in [0.1, 0.15) is 15.9 Å². The molecular formula is C15H13F4N5O3. The summed E-state index contributed by atoms with van der Waals surface area (Å²) in [6, 6.07) is 3.29. The SMILES string of the molecule is Nc1c(C(=O)NCCNc2ncccc2C(F)(F)F)cc(F)cc1[N+](=O)[O-]. The van der Waals surface area contributed by atoms with Gasteiger partial charge in [0.25, 0.3) is 11.6 Å². The van der Waals surface area contributed by atoms with Crippen LogP contribution in [0.5, 0.6) is 0 Å². The molecule has 0 aliphatic carbocycles. The van der Waals surface area contributed by atoms with Gasteiger partial charge in [-0.25, -0.2) is 9.37 Å². The lowest BCUT2D eigenvalue weighted by atomic mass is 10.1. The predicted octanol–water partition coefficient (Wildman–Crippen LogP) is 2.57. The number of anilines is 2. The van der Waals surface area contributed by atoms with Crippen molar-refractivity contribution < 1.29 is 27.3 Å². The lowest BCUT2D eigenvalue weighted by Crippen LogP contribution is -2.30. The van der Waals surface area contributed by atoms with Crippen molar-refractivity contribution in [2.45, 2.75) is 6.18 Å². The number of halogens is 4. The number of benzene rings is 1. The summed E-state index contributed by atoms with van der Waals surface area (Å²) in [5, 5.41) is 15.5. The van der Waals surface area contributed by atoms with E-state index in [9.17, 15) is 32.5 Å². The Hall–Kier alpha value is -3.44. The maximum absolute atomic E-state index is 13.4. The van der Waals surface area contributed by atoms with Gasteiger partial charge >= 0.3 is 6.18 Å². The molecular weight excluding hydrogens is 374 g/mol. The van der Waals surface area contributed by atoms with Crippen LogP contribution in [0.25, 0.3) is 0 Å². The van der Waals surface area contributed by atoms with Crippen LogP contribution >= 0.6 is 0 Å². The number of hydrogen-bond donors (Lipinski definition) is 3. The van der Waals surface area contributed by atoms with Crippen molar-refractivity contribution in [1.82, 2.24) is 10.3 Å². The van der Waals surface area contributed by atoms with Crippen LogP contribution in [-0.4, -0.2) is 28.9 Å². The largest absolute Gasteiger partial charge is 0.419 e. The van der Waals surface area contributed by atoms with E-state index in [1.54, 1.807) is 0 Å². The minimum absolute atomic E-state index is 0.136. The number of nitro groups is 1. The van der Waals surface area contributed by atoms with Crippen LogP contribution in [0.2, 0.25) is 0 Å². The van der Waals surface area contributed by atoms with Gasteiger partial charge in [0.1, 0.15) is 17.3 Å². The monoisotopic (exact) mass is 387 g/mol. The van der Waals surface area contributed by atoms with Gasteiger partial charge in [-0.3, -0.25) is 14.9 Å². The normalized spacial score (nSPS) is 11.1. The summed E-state index contributed by atoms with van der Waals surface area (Å²) in [5.74, 6) is -2.35. The Bertz CT molecular complexity index is 873. The second kappa shape index (κ2) is 7.85. The average molecular weight is 387 g/mol. The summed E-state index contributed by atoms with van der Waals surface area (Å²) in [6.45, 7) is -0.306. The van der Waals surface area contributed by atoms with E-state index in [1.165, 1.54) is 6.20 Å². The zero-order valence-electron chi connectivity index (χ0n) is 13.5. The number of nitrogens with one attached hydrogen (secondary N) is 2. The van der Waals surface area contributed by atoms with Crippen molar-refractivity contribution in [3.63, 3.8) is 0 Å². The van der Waals surface area contributed by atoms with Crippen LogP contribution in [0, 0.1) is 15.9 Å². The molecule has 1 amide bonds. The summed E-state index contributed by atoms with van der Waals surface area (Å²) >= 11 is 0. The third kappa shape index (κ3) is 4.80. The van der Waals surface area contributed by atoms with Gasteiger partial charge in [0.2, 0.25) is 0 Å². The molecule has 1 aromatic carbocycles. The molecule has 0 saturated heterocycles. The van der Waals surface area contributed by atoms with E-state index in [0.717, 1.165) is 18.2 Å². The van der Waals surface area contributed by atoms with E-state index in [4.69, 9.17) is 5.73 Å². The first-order valence-electron chi connectivity index (χ1n) is 7.39. The molecule has 2 aromatic rings. The van der Waals surface area contributed by atoms with Crippen molar-refractivity contribution in [1.29, 1.82) is 0 Å². The summed E-state index contributed by atoms with van der Waals surface area (Å²) in [7, 11) is 0. The number of nitro benzene ring substituents is 1. The molecule has 0 fully saturated rings.